The molecule has 1 fully saturated rings. The van der Waals surface area contributed by atoms with Gasteiger partial charge in [-0.3, -0.25) is 14.4 Å². The summed E-state index contributed by atoms with van der Waals surface area (Å²) in [6.07, 6.45) is 0. The lowest BCUT2D eigenvalue weighted by Crippen LogP contribution is -2.56. The van der Waals surface area contributed by atoms with Crippen molar-refractivity contribution in [1.29, 1.82) is 0 Å². The molecule has 0 aromatic heterocycles. The SMILES string of the molecule is O=C(Nc1ccccc1C(=O)O)c1cccc(N2C(=O)[C@@H]3[C@@H](C2=O)C2(Br)c4ccccc4C3(Br)c3ccccc32)c1. The lowest BCUT2D eigenvalue weighted by Gasteiger charge is -2.55. The van der Waals surface area contributed by atoms with Gasteiger partial charge >= 0.3 is 5.97 Å². The van der Waals surface area contributed by atoms with E-state index in [4.69, 9.17) is 0 Å². The summed E-state index contributed by atoms with van der Waals surface area (Å²) in [5.41, 5.74) is 4.28. The van der Waals surface area contributed by atoms with Crippen LogP contribution in [-0.2, 0) is 18.2 Å². The number of benzene rings is 4. The third-order valence-corrected chi connectivity index (χ3v) is 11.1. The van der Waals surface area contributed by atoms with Crippen molar-refractivity contribution in [3.8, 4) is 0 Å². The number of carbonyl (C=O) groups is 4. The lowest BCUT2D eigenvalue weighted by molar-refractivity contribution is -0.122. The Labute approximate surface area is 251 Å². The molecule has 3 amide bonds. The number of nitrogens with one attached hydrogen (secondary N) is 1. The first kappa shape index (κ1) is 25.9. The van der Waals surface area contributed by atoms with Crippen molar-refractivity contribution in [3.05, 3.63) is 130 Å². The van der Waals surface area contributed by atoms with Gasteiger partial charge < -0.3 is 10.4 Å². The molecule has 4 aromatic rings. The van der Waals surface area contributed by atoms with Gasteiger partial charge in [0.2, 0.25) is 11.8 Å². The Morgan fingerprint density at radius 2 is 1.20 bits per heavy atom. The summed E-state index contributed by atoms with van der Waals surface area (Å²) >= 11 is 7.98. The molecular weight excluding hydrogens is 652 g/mol. The van der Waals surface area contributed by atoms with Crippen molar-refractivity contribution in [2.75, 3.05) is 10.2 Å². The Bertz CT molecular complexity index is 1710. The Morgan fingerprint density at radius 3 is 1.71 bits per heavy atom. The zero-order valence-electron chi connectivity index (χ0n) is 21.2. The van der Waals surface area contributed by atoms with E-state index in [0.717, 1.165) is 22.3 Å². The maximum atomic E-state index is 14.3. The van der Waals surface area contributed by atoms with E-state index in [-0.39, 0.29) is 34.3 Å². The monoisotopic (exact) mass is 670 g/mol. The molecule has 0 unspecified atom stereocenters. The second-order valence-electron chi connectivity index (χ2n) is 10.3. The highest BCUT2D eigenvalue weighted by molar-refractivity contribution is 9.10. The zero-order valence-corrected chi connectivity index (χ0v) is 24.3. The van der Waals surface area contributed by atoms with E-state index >= 15 is 0 Å². The molecule has 202 valence electrons. The van der Waals surface area contributed by atoms with Gasteiger partial charge in [-0.2, -0.15) is 0 Å². The van der Waals surface area contributed by atoms with Crippen molar-refractivity contribution >= 4 is 66.9 Å². The van der Waals surface area contributed by atoms with Gasteiger partial charge in [0.15, 0.2) is 0 Å². The highest BCUT2D eigenvalue weighted by Gasteiger charge is 2.72. The standard InChI is InChI=1S/C32H20Br2N2O5/c33-31-20-11-2-3-12-21(20)32(34,23-14-5-4-13-22(23)31)26-25(31)28(38)36(29(26)39)18-9-7-8-17(16-18)27(37)35-24-15-6-1-10-19(24)30(40)41/h1-16,25-26H,(H,35,37)(H,40,41)/t25-,26-,31?,32?/m0/s1. The molecule has 0 saturated carbocycles. The summed E-state index contributed by atoms with van der Waals surface area (Å²) < 4.78 is -1.84. The van der Waals surface area contributed by atoms with Crippen molar-refractivity contribution < 1.29 is 24.3 Å². The average molecular weight is 672 g/mol. The van der Waals surface area contributed by atoms with Crippen LogP contribution in [0.1, 0.15) is 43.0 Å². The first-order chi connectivity index (χ1) is 19.7. The van der Waals surface area contributed by atoms with E-state index in [9.17, 15) is 24.3 Å². The van der Waals surface area contributed by atoms with Crippen LogP contribution < -0.4 is 10.2 Å². The fourth-order valence-electron chi connectivity index (χ4n) is 6.68. The maximum absolute atomic E-state index is 14.3. The highest BCUT2D eigenvalue weighted by atomic mass is 79.9. The minimum absolute atomic E-state index is 0.0502. The van der Waals surface area contributed by atoms with E-state index in [1.165, 1.54) is 23.1 Å². The summed E-state index contributed by atoms with van der Waals surface area (Å²) in [5.74, 6) is -3.93. The summed E-state index contributed by atoms with van der Waals surface area (Å²) in [7, 11) is 0. The number of halogens is 2. The highest BCUT2D eigenvalue weighted by Crippen LogP contribution is 2.70. The number of hydrogen-bond acceptors (Lipinski definition) is 4. The van der Waals surface area contributed by atoms with Crippen molar-refractivity contribution in [2.45, 2.75) is 8.65 Å². The largest absolute Gasteiger partial charge is 0.478 e. The van der Waals surface area contributed by atoms with Gasteiger partial charge in [0.1, 0.15) is 0 Å². The predicted molar refractivity (Wildman–Crippen MR) is 160 cm³/mol. The number of nitrogens with zero attached hydrogens (tertiary/aromatic N) is 1. The minimum Gasteiger partial charge on any atom is -0.478 e. The Hall–Kier alpha value is -4.08. The summed E-state index contributed by atoms with van der Waals surface area (Å²) in [6, 6.07) is 28.0. The van der Waals surface area contributed by atoms with Crippen molar-refractivity contribution in [1.82, 2.24) is 0 Å². The Morgan fingerprint density at radius 1 is 0.707 bits per heavy atom. The fraction of sp³-hybridized carbons (Fsp3) is 0.125. The van der Waals surface area contributed by atoms with Crippen LogP contribution in [0.25, 0.3) is 0 Å². The molecule has 3 aliphatic carbocycles. The Balaban J connectivity index is 1.31. The van der Waals surface area contributed by atoms with E-state index in [1.807, 2.05) is 48.5 Å². The van der Waals surface area contributed by atoms with Crippen LogP contribution >= 0.6 is 31.9 Å². The molecule has 2 bridgehead atoms. The predicted octanol–water partition coefficient (Wildman–Crippen LogP) is 6.05. The molecule has 1 saturated heterocycles. The second kappa shape index (κ2) is 8.96. The first-order valence-corrected chi connectivity index (χ1v) is 14.5. The number of carbonyl (C=O) groups excluding carboxylic acids is 3. The second-order valence-corrected chi connectivity index (χ2v) is 12.8. The molecule has 41 heavy (non-hydrogen) atoms. The third-order valence-electron chi connectivity index (χ3n) is 8.36. The molecule has 2 atom stereocenters. The number of para-hydroxylation sites is 1. The van der Waals surface area contributed by atoms with Crippen LogP contribution in [0.4, 0.5) is 11.4 Å². The molecule has 2 N–H and O–H groups in total. The van der Waals surface area contributed by atoms with E-state index < -0.39 is 32.4 Å². The molecule has 1 heterocycles. The number of anilines is 2. The number of alkyl halides is 2. The van der Waals surface area contributed by atoms with Crippen LogP contribution in [0, 0.1) is 11.8 Å². The molecular formula is C32H20Br2N2O5. The minimum atomic E-state index is -1.17. The Kier molecular flexibility index (Phi) is 5.65. The molecule has 7 nitrogen and oxygen atoms in total. The topological polar surface area (TPSA) is 104 Å². The van der Waals surface area contributed by atoms with Gasteiger partial charge in [0.25, 0.3) is 5.91 Å². The summed E-state index contributed by atoms with van der Waals surface area (Å²) in [4.78, 5) is 54.5. The number of hydrogen-bond donors (Lipinski definition) is 2. The smallest absolute Gasteiger partial charge is 0.337 e. The molecule has 1 aliphatic heterocycles. The van der Waals surface area contributed by atoms with E-state index in [0.29, 0.717) is 0 Å². The van der Waals surface area contributed by atoms with Gasteiger partial charge in [-0.05, 0) is 52.6 Å². The molecule has 0 radical (unpaired) electrons. The van der Waals surface area contributed by atoms with Crippen LogP contribution in [0.2, 0.25) is 0 Å². The van der Waals surface area contributed by atoms with Crippen LogP contribution in [-0.4, -0.2) is 28.8 Å². The van der Waals surface area contributed by atoms with Gasteiger partial charge in [-0.25, -0.2) is 9.69 Å². The zero-order chi connectivity index (χ0) is 28.7. The number of aromatic carboxylic acids is 1. The van der Waals surface area contributed by atoms with Crippen molar-refractivity contribution in [2.24, 2.45) is 11.8 Å². The quantitative estimate of drug-likeness (QED) is 0.203. The van der Waals surface area contributed by atoms with Gasteiger partial charge in [-0.1, -0.05) is 98.6 Å². The van der Waals surface area contributed by atoms with Crippen LogP contribution in [0.5, 0.6) is 0 Å². The third kappa shape index (κ3) is 3.36. The first-order valence-electron chi connectivity index (χ1n) is 12.9. The van der Waals surface area contributed by atoms with Crippen LogP contribution in [0.15, 0.2) is 97.1 Å². The van der Waals surface area contributed by atoms with E-state index in [2.05, 4.69) is 37.2 Å². The van der Waals surface area contributed by atoms with Gasteiger partial charge in [0, 0.05) is 5.56 Å². The van der Waals surface area contributed by atoms with Gasteiger partial charge in [0.05, 0.1) is 37.4 Å². The molecule has 9 heteroatoms. The summed E-state index contributed by atoms with van der Waals surface area (Å²) in [6.45, 7) is 0. The van der Waals surface area contributed by atoms with Crippen LogP contribution in [0.3, 0.4) is 0 Å². The molecule has 8 rings (SSSR count). The molecule has 4 aromatic carbocycles. The lowest BCUT2D eigenvalue weighted by atomic mass is 9.54. The molecule has 0 spiro atoms. The number of amides is 3. The number of rotatable bonds is 4. The van der Waals surface area contributed by atoms with Crippen molar-refractivity contribution in [3.63, 3.8) is 0 Å². The number of carboxylic acids is 1. The summed E-state index contributed by atoms with van der Waals surface area (Å²) in [5, 5.41) is 12.1. The fourth-order valence-corrected chi connectivity index (χ4v) is 8.98. The van der Waals surface area contributed by atoms with E-state index in [1.54, 1.807) is 30.3 Å². The molecule has 4 aliphatic rings. The number of carboxylic acid groups (broad SMARTS) is 1. The normalized spacial score (nSPS) is 25.4. The number of imide groups is 1. The maximum Gasteiger partial charge on any atom is 0.337 e. The van der Waals surface area contributed by atoms with Gasteiger partial charge in [-0.15, -0.1) is 0 Å². The average Bonchev–Trinajstić information content (AvgIpc) is 3.27.